The highest BCUT2D eigenvalue weighted by molar-refractivity contribution is 5.77. The monoisotopic (exact) mass is 373 g/mol. The van der Waals surface area contributed by atoms with Gasteiger partial charge in [0.05, 0.1) is 12.0 Å². The van der Waals surface area contributed by atoms with Gasteiger partial charge in [-0.05, 0) is 30.5 Å². The summed E-state index contributed by atoms with van der Waals surface area (Å²) in [7, 11) is 0. The molecule has 5 heteroatoms. The van der Waals surface area contributed by atoms with Crippen molar-refractivity contribution >= 4 is 17.0 Å². The minimum Gasteiger partial charge on any atom is -0.440 e. The van der Waals surface area contributed by atoms with Gasteiger partial charge in [0.2, 0.25) is 5.91 Å². The molecule has 2 atom stereocenters. The van der Waals surface area contributed by atoms with Crippen LogP contribution in [-0.2, 0) is 4.79 Å². The van der Waals surface area contributed by atoms with E-state index in [1.807, 2.05) is 59.5 Å². The molecule has 1 fully saturated rings. The summed E-state index contributed by atoms with van der Waals surface area (Å²) in [6.45, 7) is 1.38. The van der Waals surface area contributed by atoms with Gasteiger partial charge in [-0.15, -0.1) is 0 Å². The molecule has 0 saturated carbocycles. The molecule has 0 unspecified atom stereocenters. The molecular formula is C23H23N3O2. The van der Waals surface area contributed by atoms with E-state index in [0.29, 0.717) is 19.4 Å². The molecule has 0 aliphatic carbocycles. The summed E-state index contributed by atoms with van der Waals surface area (Å²) in [6, 6.07) is 19.8. The number of rotatable bonds is 5. The summed E-state index contributed by atoms with van der Waals surface area (Å²) in [5.74, 6) is 0.875. The van der Waals surface area contributed by atoms with E-state index in [0.717, 1.165) is 41.9 Å². The predicted octanol–water partition coefficient (Wildman–Crippen LogP) is 4.62. The Kier molecular flexibility index (Phi) is 5.38. The number of nitrogens with zero attached hydrogens (tertiary/aromatic N) is 3. The van der Waals surface area contributed by atoms with E-state index in [1.54, 1.807) is 0 Å². The highest BCUT2D eigenvalue weighted by Gasteiger charge is 2.29. The van der Waals surface area contributed by atoms with Crippen molar-refractivity contribution in [2.24, 2.45) is 0 Å². The number of piperidine rings is 1. The maximum atomic E-state index is 13.0. The SMILES string of the molecule is N#CC[C@H](CC(=O)N1CCC[C@H](c2nc3ccccc3o2)C1)c1ccccc1. The number of likely N-dealkylation sites (tertiary alicyclic amines) is 1. The fraction of sp³-hybridized carbons (Fsp3) is 0.348. The Morgan fingerprint density at radius 1 is 1.21 bits per heavy atom. The molecule has 5 nitrogen and oxygen atoms in total. The molecule has 0 spiro atoms. The van der Waals surface area contributed by atoms with Gasteiger partial charge in [0.15, 0.2) is 11.5 Å². The molecule has 3 aromatic rings. The largest absolute Gasteiger partial charge is 0.440 e. The number of hydrogen-bond donors (Lipinski definition) is 0. The number of aromatic nitrogens is 1. The number of nitriles is 1. The summed E-state index contributed by atoms with van der Waals surface area (Å²) in [6.07, 6.45) is 2.61. The lowest BCUT2D eigenvalue weighted by atomic mass is 9.91. The van der Waals surface area contributed by atoms with Crippen LogP contribution in [0.3, 0.4) is 0 Å². The number of carbonyl (C=O) groups is 1. The van der Waals surface area contributed by atoms with Crippen molar-refractivity contribution in [1.82, 2.24) is 9.88 Å². The Labute approximate surface area is 164 Å². The lowest BCUT2D eigenvalue weighted by Gasteiger charge is -2.32. The standard InChI is InChI=1S/C23H23N3O2/c24-13-12-18(17-7-2-1-3-8-17)15-22(27)26-14-6-9-19(16-26)23-25-20-10-4-5-11-21(20)28-23/h1-5,7-8,10-11,18-19H,6,9,12,14-16H2/t18-,19+/m1/s1. The Hall–Kier alpha value is -3.13. The van der Waals surface area contributed by atoms with Crippen LogP contribution in [0.25, 0.3) is 11.1 Å². The number of hydrogen-bond acceptors (Lipinski definition) is 4. The van der Waals surface area contributed by atoms with Gasteiger partial charge in [-0.1, -0.05) is 42.5 Å². The molecule has 1 aliphatic rings. The zero-order valence-electron chi connectivity index (χ0n) is 15.8. The third kappa shape index (κ3) is 3.91. The summed E-state index contributed by atoms with van der Waals surface area (Å²) < 4.78 is 5.93. The first kappa shape index (κ1) is 18.2. The van der Waals surface area contributed by atoms with Crippen molar-refractivity contribution in [3.8, 4) is 6.07 Å². The molecule has 1 aromatic heterocycles. The van der Waals surface area contributed by atoms with Crippen molar-refractivity contribution in [3.63, 3.8) is 0 Å². The lowest BCUT2D eigenvalue weighted by Crippen LogP contribution is -2.39. The van der Waals surface area contributed by atoms with E-state index in [1.165, 1.54) is 0 Å². The quantitative estimate of drug-likeness (QED) is 0.654. The van der Waals surface area contributed by atoms with Gasteiger partial charge in [0.1, 0.15) is 5.52 Å². The maximum absolute atomic E-state index is 13.0. The Morgan fingerprint density at radius 2 is 2.00 bits per heavy atom. The molecule has 4 rings (SSSR count). The second kappa shape index (κ2) is 8.26. The van der Waals surface area contributed by atoms with Gasteiger partial charge in [0, 0.05) is 31.8 Å². The first-order valence-corrected chi connectivity index (χ1v) is 9.79. The van der Waals surface area contributed by atoms with Crippen LogP contribution in [0.1, 0.15) is 49.0 Å². The first-order valence-electron chi connectivity index (χ1n) is 9.79. The molecule has 0 bridgehead atoms. The molecule has 2 aromatic carbocycles. The second-order valence-corrected chi connectivity index (χ2v) is 7.37. The number of amides is 1. The molecule has 142 valence electrons. The number of fused-ring (bicyclic) bond motifs is 1. The van der Waals surface area contributed by atoms with Crippen molar-refractivity contribution in [3.05, 3.63) is 66.1 Å². The average Bonchev–Trinajstić information content (AvgIpc) is 3.18. The third-order valence-corrected chi connectivity index (χ3v) is 5.46. The van der Waals surface area contributed by atoms with Gasteiger partial charge in [-0.2, -0.15) is 5.26 Å². The second-order valence-electron chi connectivity index (χ2n) is 7.37. The van der Waals surface area contributed by atoms with Crippen LogP contribution >= 0.6 is 0 Å². The topological polar surface area (TPSA) is 70.1 Å². The van der Waals surface area contributed by atoms with Gasteiger partial charge in [-0.25, -0.2) is 4.98 Å². The number of para-hydroxylation sites is 2. The Bertz CT molecular complexity index is 957. The summed E-state index contributed by atoms with van der Waals surface area (Å²) >= 11 is 0. The highest BCUT2D eigenvalue weighted by Crippen LogP contribution is 2.31. The minimum atomic E-state index is -0.0663. The van der Waals surface area contributed by atoms with E-state index in [-0.39, 0.29) is 17.7 Å². The van der Waals surface area contributed by atoms with Crippen LogP contribution in [0.4, 0.5) is 0 Å². The molecule has 28 heavy (non-hydrogen) atoms. The predicted molar refractivity (Wildman–Crippen MR) is 107 cm³/mol. The Balaban J connectivity index is 1.46. The molecular weight excluding hydrogens is 350 g/mol. The summed E-state index contributed by atoms with van der Waals surface area (Å²) in [4.78, 5) is 19.5. The average molecular weight is 373 g/mol. The fourth-order valence-corrected chi connectivity index (χ4v) is 3.95. The lowest BCUT2D eigenvalue weighted by molar-refractivity contribution is -0.132. The van der Waals surface area contributed by atoms with Crippen molar-refractivity contribution in [2.75, 3.05) is 13.1 Å². The van der Waals surface area contributed by atoms with Gasteiger partial charge in [-0.3, -0.25) is 4.79 Å². The fourth-order valence-electron chi connectivity index (χ4n) is 3.95. The van der Waals surface area contributed by atoms with Crippen LogP contribution in [0.5, 0.6) is 0 Å². The third-order valence-electron chi connectivity index (χ3n) is 5.46. The summed E-state index contributed by atoms with van der Waals surface area (Å²) in [5, 5.41) is 9.19. The Morgan fingerprint density at radius 3 is 2.79 bits per heavy atom. The molecule has 1 amide bonds. The van der Waals surface area contributed by atoms with E-state index in [4.69, 9.17) is 4.42 Å². The van der Waals surface area contributed by atoms with Gasteiger partial charge in [0.25, 0.3) is 0 Å². The van der Waals surface area contributed by atoms with Crippen LogP contribution in [-0.4, -0.2) is 28.9 Å². The maximum Gasteiger partial charge on any atom is 0.223 e. The van der Waals surface area contributed by atoms with Crippen LogP contribution < -0.4 is 0 Å². The zero-order valence-corrected chi connectivity index (χ0v) is 15.8. The molecule has 0 radical (unpaired) electrons. The van der Waals surface area contributed by atoms with E-state index in [9.17, 15) is 10.1 Å². The van der Waals surface area contributed by atoms with Crippen LogP contribution in [0, 0.1) is 11.3 Å². The van der Waals surface area contributed by atoms with E-state index in [2.05, 4.69) is 11.1 Å². The molecule has 1 saturated heterocycles. The van der Waals surface area contributed by atoms with Gasteiger partial charge < -0.3 is 9.32 Å². The normalized spacial score (nSPS) is 18.0. The first-order chi connectivity index (χ1) is 13.7. The van der Waals surface area contributed by atoms with Crippen LogP contribution in [0.15, 0.2) is 59.0 Å². The summed E-state index contributed by atoms with van der Waals surface area (Å²) in [5.41, 5.74) is 2.70. The van der Waals surface area contributed by atoms with E-state index >= 15 is 0 Å². The van der Waals surface area contributed by atoms with Gasteiger partial charge >= 0.3 is 0 Å². The molecule has 2 heterocycles. The number of carbonyl (C=O) groups excluding carboxylic acids is 1. The molecule has 1 aliphatic heterocycles. The van der Waals surface area contributed by atoms with Crippen molar-refractivity contribution in [1.29, 1.82) is 5.26 Å². The van der Waals surface area contributed by atoms with Crippen molar-refractivity contribution < 1.29 is 9.21 Å². The zero-order chi connectivity index (χ0) is 19.3. The molecule has 0 N–H and O–H groups in total. The van der Waals surface area contributed by atoms with Crippen molar-refractivity contribution in [2.45, 2.75) is 37.5 Å². The minimum absolute atomic E-state index is 0.0663. The highest BCUT2D eigenvalue weighted by atomic mass is 16.3. The smallest absolute Gasteiger partial charge is 0.223 e. The number of benzene rings is 2. The van der Waals surface area contributed by atoms with Crippen LogP contribution in [0.2, 0.25) is 0 Å². The number of oxazole rings is 1. The van der Waals surface area contributed by atoms with E-state index < -0.39 is 0 Å².